The number of fused-ring (bicyclic) bond motifs is 2. The lowest BCUT2D eigenvalue weighted by molar-refractivity contribution is -0.124. The Labute approximate surface area is 234 Å². The number of halogens is 2. The summed E-state index contributed by atoms with van der Waals surface area (Å²) in [4.78, 5) is 31.5. The Kier molecular flexibility index (Phi) is 7.02. The normalized spacial score (nSPS) is 18.5. The number of methoxy groups -OCH3 is 1. The summed E-state index contributed by atoms with van der Waals surface area (Å²) >= 11 is 7.95. The highest BCUT2D eigenvalue weighted by Crippen LogP contribution is 2.52. The Balaban J connectivity index is 1.44. The van der Waals surface area contributed by atoms with Gasteiger partial charge in [0.25, 0.3) is 5.91 Å². The first-order chi connectivity index (χ1) is 18.6. The number of likely N-dealkylation sites (N-methyl/N-ethyl adjacent to an activating group) is 1. The first-order valence-corrected chi connectivity index (χ1v) is 13.6. The molecule has 3 aliphatic rings. The molecule has 4 heterocycles. The molecule has 1 aliphatic carbocycles. The van der Waals surface area contributed by atoms with Crippen LogP contribution in [0.5, 0.6) is 6.01 Å². The van der Waals surface area contributed by atoms with Crippen LogP contribution >= 0.6 is 22.9 Å². The number of hydrogen-bond donors (Lipinski definition) is 2. The second kappa shape index (κ2) is 10.2. The molecule has 1 amide bonds. The van der Waals surface area contributed by atoms with Crippen molar-refractivity contribution < 1.29 is 13.9 Å². The van der Waals surface area contributed by atoms with E-state index in [1.165, 1.54) is 23.3 Å². The SMILES string of the molecule is COc1nc(N2CCCN=C(/C(Cl)=C(\N)C(=O)N(C)C)C2)c(F)c(N2CC3(CCc4sc(N)c(C#N)c43)C2)n1. The summed E-state index contributed by atoms with van der Waals surface area (Å²) in [5, 5.41) is 10.3. The van der Waals surface area contributed by atoms with E-state index in [2.05, 4.69) is 21.0 Å². The van der Waals surface area contributed by atoms with Crippen LogP contribution < -0.4 is 26.0 Å². The zero-order valence-corrected chi connectivity index (χ0v) is 23.5. The van der Waals surface area contributed by atoms with Crippen molar-refractivity contribution in [1.29, 1.82) is 5.26 Å². The number of aliphatic imine (C=N–C) groups is 1. The van der Waals surface area contributed by atoms with Crippen molar-refractivity contribution in [2.45, 2.75) is 24.7 Å². The fourth-order valence-corrected chi connectivity index (χ4v) is 6.82. The minimum atomic E-state index is -0.590. The Hall–Kier alpha value is -3.63. The molecule has 2 aromatic rings. The largest absolute Gasteiger partial charge is 0.467 e. The maximum Gasteiger partial charge on any atom is 0.320 e. The maximum absolute atomic E-state index is 16.1. The van der Waals surface area contributed by atoms with Crippen molar-refractivity contribution in [3.63, 3.8) is 0 Å². The number of hydrogen-bond acceptors (Lipinski definition) is 11. The second-order valence-electron chi connectivity index (χ2n) is 10.1. The van der Waals surface area contributed by atoms with Gasteiger partial charge in [-0.2, -0.15) is 19.6 Å². The van der Waals surface area contributed by atoms with E-state index in [1.807, 2.05) is 4.90 Å². The van der Waals surface area contributed by atoms with Crippen LogP contribution in [0.3, 0.4) is 0 Å². The zero-order chi connectivity index (χ0) is 28.1. The number of nitrogens with two attached hydrogens (primary N) is 2. The monoisotopic (exact) mass is 573 g/mol. The number of aryl methyl sites for hydroxylation is 1. The molecule has 0 atom stereocenters. The number of carbonyl (C=O) groups excluding carboxylic acids is 1. The van der Waals surface area contributed by atoms with Gasteiger partial charge < -0.3 is 30.9 Å². The number of rotatable bonds is 5. The highest BCUT2D eigenvalue weighted by Gasteiger charge is 2.52. The predicted octanol–water partition coefficient (Wildman–Crippen LogP) is 1.99. The molecule has 1 spiro atoms. The third kappa shape index (κ3) is 4.51. The molecule has 0 bridgehead atoms. The molecule has 0 aromatic carbocycles. The van der Waals surface area contributed by atoms with Crippen molar-refractivity contribution >= 4 is 51.2 Å². The molecule has 206 valence electrons. The van der Waals surface area contributed by atoms with Crippen molar-refractivity contribution in [3.8, 4) is 12.1 Å². The molecule has 1 saturated heterocycles. The van der Waals surface area contributed by atoms with Crippen molar-refractivity contribution in [2.24, 2.45) is 10.7 Å². The topological polar surface area (TPSA) is 150 Å². The van der Waals surface area contributed by atoms with E-state index >= 15 is 4.39 Å². The molecule has 11 nitrogen and oxygen atoms in total. The first kappa shape index (κ1) is 27.0. The molecule has 5 rings (SSSR count). The lowest BCUT2D eigenvalue weighted by atomic mass is 9.74. The van der Waals surface area contributed by atoms with Gasteiger partial charge in [0.1, 0.15) is 16.8 Å². The Morgan fingerprint density at radius 3 is 2.62 bits per heavy atom. The fraction of sp³-hybridized carbons (Fsp3) is 0.480. The number of aromatic nitrogens is 2. The summed E-state index contributed by atoms with van der Waals surface area (Å²) in [6.07, 6.45) is 2.34. The molecular weight excluding hydrogens is 545 g/mol. The summed E-state index contributed by atoms with van der Waals surface area (Å²) in [5.41, 5.74) is 13.6. The molecule has 0 radical (unpaired) electrons. The first-order valence-electron chi connectivity index (χ1n) is 12.4. The van der Waals surface area contributed by atoms with Gasteiger partial charge in [0.15, 0.2) is 11.6 Å². The van der Waals surface area contributed by atoms with E-state index < -0.39 is 11.7 Å². The molecule has 39 heavy (non-hydrogen) atoms. The number of thiophene rings is 1. The standard InChI is InChI=1S/C25H29ClFN9O2S/c1-34(2)23(37)19(29)17(26)14-10-35(8-4-7-31-14)21-18(27)22(33-24(32-21)38-3)36-11-25(12-36)6-5-15-16(25)13(9-28)20(30)39-15/h4-8,10-12,29-30H2,1-3H3/b19-17+. The van der Waals surface area contributed by atoms with Gasteiger partial charge in [-0.1, -0.05) is 11.6 Å². The Morgan fingerprint density at radius 1 is 1.28 bits per heavy atom. The number of nitrogen functional groups attached to an aromatic ring is 1. The van der Waals surface area contributed by atoms with Crippen molar-refractivity contribution in [1.82, 2.24) is 14.9 Å². The van der Waals surface area contributed by atoms with Crippen molar-refractivity contribution in [3.05, 3.63) is 32.6 Å². The van der Waals surface area contributed by atoms with Gasteiger partial charge >= 0.3 is 6.01 Å². The lowest BCUT2D eigenvalue weighted by Gasteiger charge is -2.49. The average Bonchev–Trinajstić information content (AvgIpc) is 3.30. The molecule has 2 aliphatic heterocycles. The van der Waals surface area contributed by atoms with E-state index in [1.54, 1.807) is 19.0 Å². The minimum Gasteiger partial charge on any atom is -0.467 e. The molecule has 1 fully saturated rings. The minimum absolute atomic E-state index is 0.0265. The van der Waals surface area contributed by atoms with Gasteiger partial charge in [0.05, 0.1) is 30.0 Å². The second-order valence-corrected chi connectivity index (χ2v) is 11.6. The van der Waals surface area contributed by atoms with Gasteiger partial charge in [-0.05, 0) is 24.8 Å². The molecular formula is C25H29ClFN9O2S. The molecule has 0 unspecified atom stereocenters. The number of carbonyl (C=O) groups is 1. The van der Waals surface area contributed by atoms with E-state index in [4.69, 9.17) is 27.8 Å². The number of nitrogens with zero attached hydrogens (tertiary/aromatic N) is 7. The third-order valence-corrected chi connectivity index (χ3v) is 8.90. The third-order valence-electron chi connectivity index (χ3n) is 7.40. The molecule has 0 saturated carbocycles. The fourth-order valence-electron chi connectivity index (χ4n) is 5.48. The number of ether oxygens (including phenoxy) is 1. The Bertz CT molecular complexity index is 1440. The van der Waals surface area contributed by atoms with Gasteiger partial charge in [0.2, 0.25) is 5.82 Å². The van der Waals surface area contributed by atoms with Crippen LogP contribution in [-0.4, -0.2) is 80.4 Å². The zero-order valence-electron chi connectivity index (χ0n) is 21.9. The predicted molar refractivity (Wildman–Crippen MR) is 149 cm³/mol. The quantitative estimate of drug-likeness (QED) is 0.512. The van der Waals surface area contributed by atoms with Crippen LogP contribution in [0.1, 0.15) is 28.8 Å². The van der Waals surface area contributed by atoms with E-state index in [-0.39, 0.29) is 40.3 Å². The van der Waals surface area contributed by atoms with E-state index in [0.29, 0.717) is 48.9 Å². The lowest BCUT2D eigenvalue weighted by Crippen LogP contribution is -2.59. The molecule has 14 heteroatoms. The molecule has 4 N–H and O–H groups in total. The number of nitriles is 1. The number of amides is 1. The maximum atomic E-state index is 16.1. The van der Waals surface area contributed by atoms with E-state index in [0.717, 1.165) is 23.3 Å². The van der Waals surface area contributed by atoms with Crippen LogP contribution in [0.25, 0.3) is 0 Å². The van der Waals surface area contributed by atoms with Crippen LogP contribution in [0, 0.1) is 17.1 Å². The summed E-state index contributed by atoms with van der Waals surface area (Å²) in [7, 11) is 4.58. The van der Waals surface area contributed by atoms with Gasteiger partial charge in [-0.25, -0.2) is 0 Å². The summed E-state index contributed by atoms with van der Waals surface area (Å²) < 4.78 is 21.5. The van der Waals surface area contributed by atoms with Crippen LogP contribution in [-0.2, 0) is 16.6 Å². The van der Waals surface area contributed by atoms with Gasteiger partial charge in [-0.15, -0.1) is 11.3 Å². The van der Waals surface area contributed by atoms with E-state index in [9.17, 15) is 10.1 Å². The highest BCUT2D eigenvalue weighted by molar-refractivity contribution is 7.16. The highest BCUT2D eigenvalue weighted by atomic mass is 35.5. The number of anilines is 3. The Morgan fingerprint density at radius 2 is 1.97 bits per heavy atom. The van der Waals surface area contributed by atoms with Crippen molar-refractivity contribution in [2.75, 3.05) is 69.5 Å². The van der Waals surface area contributed by atoms with Crippen LogP contribution in [0.2, 0.25) is 0 Å². The summed E-state index contributed by atoms with van der Waals surface area (Å²) in [5.74, 6) is -0.847. The van der Waals surface area contributed by atoms with Gasteiger partial charge in [-0.3, -0.25) is 9.79 Å². The summed E-state index contributed by atoms with van der Waals surface area (Å²) in [6, 6.07) is 2.28. The smallest absolute Gasteiger partial charge is 0.320 e. The summed E-state index contributed by atoms with van der Waals surface area (Å²) in [6.45, 7) is 1.99. The average molecular weight is 574 g/mol. The van der Waals surface area contributed by atoms with Gasteiger partial charge in [0, 0.05) is 50.6 Å². The molecule has 2 aromatic heterocycles. The van der Waals surface area contributed by atoms with Crippen LogP contribution in [0.15, 0.2) is 15.7 Å². The van der Waals surface area contributed by atoms with Crippen LogP contribution in [0.4, 0.5) is 21.0 Å².